The molecular formula is C10H12N2O2S+2. The molecule has 1 aromatic carbocycles. The van der Waals surface area contributed by atoms with Gasteiger partial charge in [-0.15, -0.1) is 0 Å². The highest BCUT2D eigenvalue weighted by molar-refractivity contribution is 7.98. The second-order valence-corrected chi connectivity index (χ2v) is 4.00. The predicted octanol–water partition coefficient (Wildman–Crippen LogP) is 0.920. The summed E-state index contributed by atoms with van der Waals surface area (Å²) in [6, 6.07) is 7.13. The minimum absolute atomic E-state index is 0.579. The minimum Gasteiger partial charge on any atom is -0.284 e. The van der Waals surface area contributed by atoms with Crippen LogP contribution in [0.1, 0.15) is 5.69 Å². The number of nitrogens with zero attached hydrogens (tertiary/aromatic N) is 2. The quantitative estimate of drug-likeness (QED) is 0.430. The van der Waals surface area contributed by atoms with Crippen LogP contribution in [0.25, 0.3) is 11.0 Å². The second-order valence-electron chi connectivity index (χ2n) is 3.21. The zero-order valence-corrected chi connectivity index (χ0v) is 9.32. The molecule has 0 unspecified atom stereocenters. The first-order valence-corrected chi connectivity index (χ1v) is 5.71. The molecule has 0 radical (unpaired) electrons. The van der Waals surface area contributed by atoms with Crippen molar-refractivity contribution in [3.63, 3.8) is 0 Å². The van der Waals surface area contributed by atoms with E-state index >= 15 is 0 Å². The van der Waals surface area contributed by atoms with E-state index in [1.165, 1.54) is 11.8 Å². The minimum atomic E-state index is 0.579. The van der Waals surface area contributed by atoms with Gasteiger partial charge in [-0.2, -0.15) is 0 Å². The monoisotopic (exact) mass is 224 g/mol. The Bertz CT molecular complexity index is 528. The Morgan fingerprint density at radius 1 is 1.07 bits per heavy atom. The van der Waals surface area contributed by atoms with Gasteiger partial charge in [-0.25, -0.2) is 0 Å². The number of thioether (sulfide) groups is 1. The lowest BCUT2D eigenvalue weighted by atomic mass is 10.3. The highest BCUT2D eigenvalue weighted by Crippen LogP contribution is 2.15. The van der Waals surface area contributed by atoms with Crippen LogP contribution in [-0.4, -0.2) is 16.7 Å². The van der Waals surface area contributed by atoms with Crippen LogP contribution in [0, 0.1) is 6.92 Å². The van der Waals surface area contributed by atoms with Crippen LogP contribution in [0.4, 0.5) is 0 Å². The lowest BCUT2D eigenvalue weighted by Gasteiger charge is -1.97. The first-order chi connectivity index (χ1) is 7.16. The molecule has 0 bridgehead atoms. The summed E-state index contributed by atoms with van der Waals surface area (Å²) in [6.45, 7) is 1.75. The van der Waals surface area contributed by atoms with Gasteiger partial charge in [0.2, 0.25) is 0 Å². The number of aromatic nitrogens is 2. The van der Waals surface area contributed by atoms with Gasteiger partial charge >= 0.3 is 21.8 Å². The van der Waals surface area contributed by atoms with E-state index in [2.05, 4.69) is 0 Å². The molecule has 0 saturated heterocycles. The van der Waals surface area contributed by atoms with E-state index in [-0.39, 0.29) is 0 Å². The normalized spacial score (nSPS) is 10.8. The summed E-state index contributed by atoms with van der Waals surface area (Å²) in [6.07, 6.45) is 1.85. The number of fused-ring (bicyclic) bond motifs is 1. The number of para-hydroxylation sites is 2. The molecule has 2 N–H and O–H groups in total. The van der Waals surface area contributed by atoms with Gasteiger partial charge < -0.3 is 0 Å². The summed E-state index contributed by atoms with van der Waals surface area (Å²) < 4.78 is 2.19. The van der Waals surface area contributed by atoms with Gasteiger partial charge in [0.05, 0.1) is 0 Å². The van der Waals surface area contributed by atoms with Crippen molar-refractivity contribution in [1.29, 1.82) is 0 Å². The Morgan fingerprint density at radius 3 is 2.13 bits per heavy atom. The lowest BCUT2D eigenvalue weighted by molar-refractivity contribution is -0.945. The molecule has 0 spiro atoms. The van der Waals surface area contributed by atoms with Gasteiger partial charge in [-0.05, 0) is 18.0 Å². The molecule has 0 fully saturated rings. The van der Waals surface area contributed by atoms with Crippen molar-refractivity contribution in [2.45, 2.75) is 11.9 Å². The fourth-order valence-electron chi connectivity index (χ4n) is 1.59. The number of rotatable bonds is 1. The summed E-state index contributed by atoms with van der Waals surface area (Å²) in [4.78, 5) is 0. The van der Waals surface area contributed by atoms with E-state index in [0.717, 1.165) is 9.46 Å². The fourth-order valence-corrected chi connectivity index (χ4v) is 2.24. The topological polar surface area (TPSA) is 48.2 Å². The molecule has 2 rings (SSSR count). The summed E-state index contributed by atoms with van der Waals surface area (Å²) >= 11 is 1.38. The number of benzene rings is 1. The first kappa shape index (κ1) is 10.0. The van der Waals surface area contributed by atoms with Crippen LogP contribution in [0.3, 0.4) is 0 Å². The third kappa shape index (κ3) is 1.39. The molecular weight excluding hydrogens is 212 g/mol. The average Bonchev–Trinajstić information content (AvgIpc) is 2.27. The highest BCUT2D eigenvalue weighted by atomic mass is 32.2. The third-order valence-corrected chi connectivity index (χ3v) is 3.21. The Morgan fingerprint density at radius 2 is 1.60 bits per heavy atom. The molecule has 0 amide bonds. The molecule has 0 atom stereocenters. The molecule has 15 heavy (non-hydrogen) atoms. The molecule has 1 aromatic heterocycles. The first-order valence-electron chi connectivity index (χ1n) is 4.48. The highest BCUT2D eigenvalue weighted by Gasteiger charge is 2.30. The van der Waals surface area contributed by atoms with E-state index < -0.39 is 0 Å². The van der Waals surface area contributed by atoms with Crippen molar-refractivity contribution in [2.75, 3.05) is 6.26 Å². The molecule has 5 heteroatoms. The molecule has 0 aliphatic carbocycles. The van der Waals surface area contributed by atoms with Crippen LogP contribution >= 0.6 is 11.8 Å². The largest absolute Gasteiger partial charge is 0.362 e. The maximum Gasteiger partial charge on any atom is 0.362 e. The number of hydrogen-bond donors (Lipinski definition) is 2. The van der Waals surface area contributed by atoms with Crippen molar-refractivity contribution in [3.8, 4) is 0 Å². The SMILES string of the molecule is CSc1c(C)[n+](O)c2ccccc2[n+]1O. The molecule has 0 aliphatic rings. The summed E-state index contributed by atoms with van der Waals surface area (Å²) in [5.74, 6) is 0. The smallest absolute Gasteiger partial charge is 0.284 e. The lowest BCUT2D eigenvalue weighted by Crippen LogP contribution is -2.46. The molecule has 0 saturated carbocycles. The molecule has 2 aromatic rings. The second kappa shape index (κ2) is 3.58. The van der Waals surface area contributed by atoms with Crippen LogP contribution in [0.2, 0.25) is 0 Å². The molecule has 78 valence electrons. The summed E-state index contributed by atoms with van der Waals surface area (Å²) in [5, 5.41) is 20.4. The van der Waals surface area contributed by atoms with Crippen molar-refractivity contribution >= 4 is 22.8 Å². The van der Waals surface area contributed by atoms with Gasteiger partial charge in [0, 0.05) is 28.5 Å². The van der Waals surface area contributed by atoms with Gasteiger partial charge in [0.15, 0.2) is 0 Å². The van der Waals surface area contributed by atoms with Gasteiger partial charge in [0.1, 0.15) is 0 Å². The Hall–Kier alpha value is -1.49. The van der Waals surface area contributed by atoms with Crippen LogP contribution in [-0.2, 0) is 0 Å². The van der Waals surface area contributed by atoms with Crippen LogP contribution < -0.4 is 9.46 Å². The van der Waals surface area contributed by atoms with Crippen molar-refractivity contribution in [3.05, 3.63) is 30.0 Å². The van der Waals surface area contributed by atoms with E-state index in [4.69, 9.17) is 0 Å². The Kier molecular flexibility index (Phi) is 2.40. The fraction of sp³-hybridized carbons (Fsp3) is 0.200. The molecule has 0 aliphatic heterocycles. The van der Waals surface area contributed by atoms with E-state index in [0.29, 0.717) is 21.8 Å². The standard InChI is InChI=1S/C10H12N2O2S/c1-7-10(15-2)12(14)9-6-4-3-5-8(9)11(7)13/h3-6,13-14H,1-2H3/q+2. The van der Waals surface area contributed by atoms with Crippen LogP contribution in [0.15, 0.2) is 29.3 Å². The summed E-state index contributed by atoms with van der Waals surface area (Å²) in [5.41, 5.74) is 1.77. The van der Waals surface area contributed by atoms with Crippen molar-refractivity contribution < 1.29 is 19.9 Å². The molecule has 1 heterocycles. The van der Waals surface area contributed by atoms with Gasteiger partial charge in [-0.3, -0.25) is 10.4 Å². The zero-order valence-electron chi connectivity index (χ0n) is 8.51. The third-order valence-electron chi connectivity index (χ3n) is 2.35. The van der Waals surface area contributed by atoms with Crippen molar-refractivity contribution in [2.24, 2.45) is 0 Å². The maximum absolute atomic E-state index is 9.93. The summed E-state index contributed by atoms with van der Waals surface area (Å²) in [7, 11) is 0. The average molecular weight is 224 g/mol. The Balaban J connectivity index is 2.96. The predicted molar refractivity (Wildman–Crippen MR) is 55.2 cm³/mol. The van der Waals surface area contributed by atoms with Crippen LogP contribution in [0.5, 0.6) is 0 Å². The van der Waals surface area contributed by atoms with E-state index in [9.17, 15) is 10.4 Å². The van der Waals surface area contributed by atoms with Gasteiger partial charge in [0.25, 0.3) is 0 Å². The molecule has 4 nitrogen and oxygen atoms in total. The van der Waals surface area contributed by atoms with E-state index in [1.54, 1.807) is 19.1 Å². The Labute approximate surface area is 91.3 Å². The van der Waals surface area contributed by atoms with E-state index in [1.807, 2.05) is 18.4 Å². The maximum atomic E-state index is 9.93. The zero-order chi connectivity index (χ0) is 11.0. The van der Waals surface area contributed by atoms with Gasteiger partial charge in [-0.1, -0.05) is 12.1 Å². The van der Waals surface area contributed by atoms with Crippen molar-refractivity contribution in [1.82, 2.24) is 0 Å². The number of hydrogen-bond acceptors (Lipinski definition) is 3.